The van der Waals surface area contributed by atoms with E-state index in [0.717, 1.165) is 13.2 Å². The van der Waals surface area contributed by atoms with Crippen LogP contribution in [0.15, 0.2) is 0 Å². The Balaban J connectivity index is 1.59. The lowest BCUT2D eigenvalue weighted by molar-refractivity contribution is -0.414. The molecular formula is C13H13BrO3. The summed E-state index contributed by atoms with van der Waals surface area (Å²) >= 11 is 3.99. The van der Waals surface area contributed by atoms with E-state index < -0.39 is 0 Å². The van der Waals surface area contributed by atoms with Gasteiger partial charge in [-0.3, -0.25) is 4.79 Å². The van der Waals surface area contributed by atoms with Crippen molar-refractivity contribution in [1.82, 2.24) is 0 Å². The largest absolute Gasteiger partial charge is 0.346 e. The summed E-state index contributed by atoms with van der Waals surface area (Å²) in [4.78, 5) is 12.0. The van der Waals surface area contributed by atoms with Gasteiger partial charge >= 0.3 is 0 Å². The number of carbonyl (C=O) groups excluding carboxylic acids is 1. The zero-order valence-corrected chi connectivity index (χ0v) is 11.1. The van der Waals surface area contributed by atoms with Crippen molar-refractivity contribution in [3.05, 3.63) is 0 Å². The lowest BCUT2D eigenvalue weighted by Crippen LogP contribution is -2.93. The Kier molecular flexibility index (Phi) is 1.05. The van der Waals surface area contributed by atoms with Crippen LogP contribution < -0.4 is 0 Å². The molecule has 6 saturated carbocycles. The second-order valence-electron chi connectivity index (χ2n) is 6.78. The number of ether oxygens (including phenoxy) is 2. The Bertz CT molecular complexity index is 489. The van der Waals surface area contributed by atoms with E-state index in [-0.39, 0.29) is 15.5 Å². The molecular weight excluding hydrogens is 284 g/mol. The fourth-order valence-electron chi connectivity index (χ4n) is 7.32. The molecule has 3 nitrogen and oxygen atoms in total. The van der Waals surface area contributed by atoms with Gasteiger partial charge in [0.15, 0.2) is 5.79 Å². The summed E-state index contributed by atoms with van der Waals surface area (Å²) < 4.78 is 12.2. The molecule has 90 valence electrons. The second-order valence-corrected chi connectivity index (χ2v) is 8.09. The summed E-state index contributed by atoms with van der Waals surface area (Å²) in [6.45, 7) is 3.24. The van der Waals surface area contributed by atoms with E-state index in [0.29, 0.717) is 41.3 Å². The highest BCUT2D eigenvalue weighted by Gasteiger charge is 3.09. The van der Waals surface area contributed by atoms with Crippen molar-refractivity contribution < 1.29 is 14.3 Å². The Morgan fingerprint density at radius 1 is 1.06 bits per heavy atom. The van der Waals surface area contributed by atoms with Gasteiger partial charge in [0.1, 0.15) is 5.78 Å². The molecule has 2 bridgehead atoms. The van der Waals surface area contributed by atoms with Crippen LogP contribution in [0.1, 0.15) is 6.92 Å². The molecule has 4 heteroatoms. The van der Waals surface area contributed by atoms with Gasteiger partial charge in [-0.25, -0.2) is 0 Å². The monoisotopic (exact) mass is 296 g/mol. The minimum absolute atomic E-state index is 0.0678. The minimum Gasteiger partial charge on any atom is -0.346 e. The first-order valence-electron chi connectivity index (χ1n) is 6.61. The van der Waals surface area contributed by atoms with Gasteiger partial charge in [0.05, 0.1) is 17.5 Å². The van der Waals surface area contributed by atoms with Crippen molar-refractivity contribution in [3.63, 3.8) is 0 Å². The molecule has 0 unspecified atom stereocenters. The van der Waals surface area contributed by atoms with E-state index in [9.17, 15) is 4.79 Å². The van der Waals surface area contributed by atoms with Crippen LogP contribution in [-0.2, 0) is 14.3 Å². The van der Waals surface area contributed by atoms with E-state index in [1.165, 1.54) is 0 Å². The fraction of sp³-hybridized carbons (Fsp3) is 0.923. The molecule has 1 aliphatic heterocycles. The molecule has 0 radical (unpaired) electrons. The molecule has 6 aliphatic carbocycles. The van der Waals surface area contributed by atoms with Crippen LogP contribution in [0.3, 0.4) is 0 Å². The van der Waals surface area contributed by atoms with Crippen LogP contribution >= 0.6 is 15.9 Å². The van der Waals surface area contributed by atoms with Crippen molar-refractivity contribution in [2.45, 2.75) is 17.0 Å². The van der Waals surface area contributed by atoms with Gasteiger partial charge in [-0.05, 0) is 36.5 Å². The highest BCUT2D eigenvalue weighted by atomic mass is 79.9. The van der Waals surface area contributed by atoms with Crippen molar-refractivity contribution in [2.75, 3.05) is 13.2 Å². The summed E-state index contributed by atoms with van der Waals surface area (Å²) in [6, 6.07) is 0. The van der Waals surface area contributed by atoms with Gasteiger partial charge in [0, 0.05) is 11.3 Å². The molecule has 0 aromatic heterocycles. The van der Waals surface area contributed by atoms with Gasteiger partial charge in [-0.1, -0.05) is 15.9 Å². The zero-order valence-electron chi connectivity index (χ0n) is 9.48. The average molecular weight is 297 g/mol. The maximum Gasteiger partial charge on any atom is 0.187 e. The molecule has 7 fully saturated rings. The third-order valence-electron chi connectivity index (χ3n) is 7.25. The van der Waals surface area contributed by atoms with Crippen LogP contribution in [0.5, 0.6) is 0 Å². The molecule has 0 N–H and O–H groups in total. The van der Waals surface area contributed by atoms with Crippen LogP contribution in [-0.4, -0.2) is 29.1 Å². The van der Waals surface area contributed by atoms with Gasteiger partial charge in [0.2, 0.25) is 0 Å². The zero-order chi connectivity index (χ0) is 11.4. The highest BCUT2D eigenvalue weighted by Crippen LogP contribution is 3.04. The van der Waals surface area contributed by atoms with Crippen LogP contribution in [0, 0.1) is 40.9 Å². The molecule has 1 spiro atoms. The summed E-state index contributed by atoms with van der Waals surface area (Å²) in [6.07, 6.45) is 0. The molecule has 1 saturated heterocycles. The maximum absolute atomic E-state index is 12.0. The van der Waals surface area contributed by atoms with Crippen molar-refractivity contribution in [1.29, 1.82) is 0 Å². The third kappa shape index (κ3) is 0.450. The number of ketones is 1. The lowest BCUT2D eigenvalue weighted by Gasteiger charge is -2.90. The third-order valence-corrected chi connectivity index (χ3v) is 8.86. The maximum atomic E-state index is 12.0. The van der Waals surface area contributed by atoms with Gasteiger partial charge in [0.25, 0.3) is 0 Å². The Morgan fingerprint density at radius 2 is 1.59 bits per heavy atom. The number of halogens is 1. The normalized spacial score (nSPS) is 73.5. The lowest BCUT2D eigenvalue weighted by atomic mass is 9.12. The van der Waals surface area contributed by atoms with E-state index in [2.05, 4.69) is 15.9 Å². The molecule has 1 heterocycles. The molecule has 4 atom stereocenters. The first-order valence-corrected chi connectivity index (χ1v) is 7.40. The van der Waals surface area contributed by atoms with Crippen molar-refractivity contribution >= 4 is 21.7 Å². The number of hydrogen-bond acceptors (Lipinski definition) is 3. The SMILES string of the molecule is CC(=O)C12C3[C@H]4[C@H]1C1[C@@H]2[C@H]3C4(Br)C12OCCO2. The summed E-state index contributed by atoms with van der Waals surface area (Å²) in [5, 5.41) is 0. The number of carbonyl (C=O) groups is 1. The summed E-state index contributed by atoms with van der Waals surface area (Å²) in [5.74, 6) is 3.70. The Morgan fingerprint density at radius 3 is 2.12 bits per heavy atom. The average Bonchev–Trinajstić information content (AvgIpc) is 2.78. The van der Waals surface area contributed by atoms with E-state index in [4.69, 9.17) is 9.47 Å². The molecule has 0 aromatic rings. The Labute approximate surface area is 107 Å². The first-order chi connectivity index (χ1) is 8.13. The van der Waals surface area contributed by atoms with Crippen LogP contribution in [0.4, 0.5) is 0 Å². The number of hydrogen-bond donors (Lipinski definition) is 0. The molecule has 0 amide bonds. The first kappa shape index (κ1) is 9.05. The number of Topliss-reactive ketones (excluding diaryl/α,β-unsaturated/α-hetero) is 1. The van der Waals surface area contributed by atoms with Crippen molar-refractivity contribution in [2.24, 2.45) is 40.9 Å². The smallest absolute Gasteiger partial charge is 0.187 e. The van der Waals surface area contributed by atoms with Crippen LogP contribution in [0.2, 0.25) is 0 Å². The van der Waals surface area contributed by atoms with Gasteiger partial charge in [-0.15, -0.1) is 0 Å². The molecule has 7 aliphatic rings. The van der Waals surface area contributed by atoms with E-state index >= 15 is 0 Å². The topological polar surface area (TPSA) is 35.5 Å². The van der Waals surface area contributed by atoms with E-state index in [1.54, 1.807) is 6.92 Å². The Hall–Kier alpha value is 0.0700. The molecule has 7 rings (SSSR count). The quantitative estimate of drug-likeness (QED) is 0.682. The molecule has 17 heavy (non-hydrogen) atoms. The van der Waals surface area contributed by atoms with Gasteiger partial charge in [-0.2, -0.15) is 0 Å². The van der Waals surface area contributed by atoms with Gasteiger partial charge < -0.3 is 9.47 Å². The molecule has 0 aromatic carbocycles. The number of rotatable bonds is 1. The predicted octanol–water partition coefficient (Wildman–Crippen LogP) is 1.20. The summed E-state index contributed by atoms with van der Waals surface area (Å²) in [7, 11) is 0. The predicted molar refractivity (Wildman–Crippen MR) is 60.3 cm³/mol. The second kappa shape index (κ2) is 1.97. The van der Waals surface area contributed by atoms with Crippen LogP contribution in [0.25, 0.3) is 0 Å². The summed E-state index contributed by atoms with van der Waals surface area (Å²) in [5.41, 5.74) is 0.0794. The number of alkyl halides is 1. The van der Waals surface area contributed by atoms with Crippen molar-refractivity contribution in [3.8, 4) is 0 Å². The highest BCUT2D eigenvalue weighted by molar-refractivity contribution is 9.10. The standard InChI is InChI=1S/C13H13BrO3/c1-4(15)11-5-8-6(11)10-7(11)9(5)12(8,14)13(10)16-2-3-17-13/h5-10H,2-3H2,1H3/t5?,6-,7-,8-,9-,10?,11?,12?/m0/s1. The minimum atomic E-state index is -0.358. The fourth-order valence-corrected chi connectivity index (χ4v) is 8.95. The van der Waals surface area contributed by atoms with E-state index in [1.807, 2.05) is 0 Å².